The van der Waals surface area contributed by atoms with E-state index in [-0.39, 0.29) is 6.42 Å². The summed E-state index contributed by atoms with van der Waals surface area (Å²) >= 11 is 0. The van der Waals surface area contributed by atoms with E-state index >= 15 is 0 Å². The number of aliphatic carboxylic acids is 2. The lowest BCUT2D eigenvalue weighted by atomic mass is 10.1. The van der Waals surface area contributed by atoms with E-state index in [1.165, 1.54) is 6.08 Å². The van der Waals surface area contributed by atoms with Gasteiger partial charge >= 0.3 is 11.9 Å². The van der Waals surface area contributed by atoms with E-state index in [0.717, 1.165) is 44.6 Å². The summed E-state index contributed by atoms with van der Waals surface area (Å²) in [5.41, 5.74) is 0. The highest BCUT2D eigenvalue weighted by molar-refractivity contribution is 5.80. The Morgan fingerprint density at radius 2 is 1.65 bits per heavy atom. The van der Waals surface area contributed by atoms with Gasteiger partial charge in [0.05, 0.1) is 0 Å². The summed E-state index contributed by atoms with van der Waals surface area (Å²) in [6.45, 7) is 0. The van der Waals surface area contributed by atoms with Gasteiger partial charge in [-0.2, -0.15) is 0 Å². The lowest BCUT2D eigenvalue weighted by Gasteiger charge is -1.97. The van der Waals surface area contributed by atoms with E-state index in [0.29, 0.717) is 0 Å². The van der Waals surface area contributed by atoms with Crippen LogP contribution < -0.4 is 0 Å². The molecule has 0 heterocycles. The van der Waals surface area contributed by atoms with E-state index in [1.807, 2.05) is 0 Å². The quantitative estimate of drug-likeness (QED) is 0.387. The number of carboxylic acid groups (broad SMARTS) is 2. The number of unbranched alkanes of at least 4 members (excludes halogenated alkanes) is 5. The maximum atomic E-state index is 10.2. The highest BCUT2D eigenvalue weighted by Crippen LogP contribution is 2.06. The van der Waals surface area contributed by atoms with Gasteiger partial charge in [0, 0.05) is 18.9 Å². The molecule has 0 bridgehead atoms. The molecule has 0 rings (SSSR count). The zero-order valence-electron chi connectivity index (χ0n) is 9.82. The number of carbonyl (C=O) groups is 2. The van der Waals surface area contributed by atoms with Crippen LogP contribution in [0.1, 0.15) is 44.9 Å². The Balaban J connectivity index is 3.29. The van der Waals surface area contributed by atoms with Crippen molar-refractivity contribution in [2.45, 2.75) is 44.9 Å². The average molecular weight is 238 g/mol. The van der Waals surface area contributed by atoms with Crippen molar-refractivity contribution in [3.8, 4) is 11.8 Å². The second-order valence-corrected chi connectivity index (χ2v) is 3.65. The number of hydrogen-bond donors (Lipinski definition) is 2. The van der Waals surface area contributed by atoms with Crippen molar-refractivity contribution in [2.24, 2.45) is 0 Å². The fraction of sp³-hybridized carbons (Fsp3) is 0.538. The maximum absolute atomic E-state index is 10.2. The molecule has 0 aromatic heterocycles. The Labute approximate surface area is 101 Å². The highest BCUT2D eigenvalue weighted by Gasteiger charge is 1.95. The smallest absolute Gasteiger partial charge is 0.328 e. The predicted octanol–water partition coefficient (Wildman–Crippen LogP) is 2.45. The molecular formula is C13H18O4. The van der Waals surface area contributed by atoms with Gasteiger partial charge in [-0.15, -0.1) is 0 Å². The van der Waals surface area contributed by atoms with Gasteiger partial charge in [0.25, 0.3) is 0 Å². The third-order valence-electron chi connectivity index (χ3n) is 2.10. The predicted molar refractivity (Wildman–Crippen MR) is 64.5 cm³/mol. The van der Waals surface area contributed by atoms with Crippen molar-refractivity contribution in [3.63, 3.8) is 0 Å². The fourth-order valence-electron chi connectivity index (χ4n) is 1.26. The summed E-state index contributed by atoms with van der Waals surface area (Å²) in [4.78, 5) is 20.3. The van der Waals surface area contributed by atoms with Crippen molar-refractivity contribution in [2.75, 3.05) is 0 Å². The van der Waals surface area contributed by atoms with Gasteiger partial charge in [0.15, 0.2) is 0 Å². The van der Waals surface area contributed by atoms with Crippen molar-refractivity contribution in [1.29, 1.82) is 0 Å². The van der Waals surface area contributed by atoms with Gasteiger partial charge in [0.1, 0.15) is 0 Å². The monoisotopic (exact) mass is 238 g/mol. The largest absolute Gasteiger partial charge is 0.481 e. The fourth-order valence-corrected chi connectivity index (χ4v) is 1.26. The van der Waals surface area contributed by atoms with Crippen LogP contribution >= 0.6 is 0 Å². The highest BCUT2D eigenvalue weighted by atomic mass is 16.4. The molecule has 0 radical (unpaired) electrons. The van der Waals surface area contributed by atoms with Crippen molar-refractivity contribution >= 4 is 11.9 Å². The van der Waals surface area contributed by atoms with Crippen molar-refractivity contribution in [3.05, 3.63) is 12.2 Å². The molecule has 0 aliphatic carbocycles. The van der Waals surface area contributed by atoms with Gasteiger partial charge in [-0.25, -0.2) is 4.79 Å². The first kappa shape index (κ1) is 15.2. The zero-order chi connectivity index (χ0) is 12.9. The molecule has 0 saturated heterocycles. The first-order chi connectivity index (χ1) is 8.13. The Morgan fingerprint density at radius 1 is 1.00 bits per heavy atom. The van der Waals surface area contributed by atoms with Crippen LogP contribution in [-0.4, -0.2) is 22.2 Å². The van der Waals surface area contributed by atoms with Crippen LogP contribution in [0.5, 0.6) is 0 Å². The number of hydrogen-bond acceptors (Lipinski definition) is 2. The Bertz CT molecular complexity index is 320. The molecule has 0 atom stereocenters. The summed E-state index contributed by atoms with van der Waals surface area (Å²) in [6, 6.07) is 0. The van der Waals surface area contributed by atoms with E-state index in [4.69, 9.17) is 10.2 Å². The van der Waals surface area contributed by atoms with Gasteiger partial charge < -0.3 is 10.2 Å². The molecule has 0 aromatic carbocycles. The van der Waals surface area contributed by atoms with Crippen LogP contribution in [0.3, 0.4) is 0 Å². The topological polar surface area (TPSA) is 74.6 Å². The molecule has 0 amide bonds. The summed E-state index contributed by atoms with van der Waals surface area (Å²) in [5, 5.41) is 16.7. The number of carboxylic acids is 2. The van der Waals surface area contributed by atoms with Crippen LogP contribution in [0.25, 0.3) is 0 Å². The third kappa shape index (κ3) is 14.2. The van der Waals surface area contributed by atoms with Crippen LogP contribution in [0.15, 0.2) is 12.2 Å². The van der Waals surface area contributed by atoms with E-state index in [9.17, 15) is 9.59 Å². The van der Waals surface area contributed by atoms with Crippen LogP contribution in [0.4, 0.5) is 0 Å². The second-order valence-electron chi connectivity index (χ2n) is 3.65. The molecule has 0 saturated carbocycles. The normalized spacial score (nSPS) is 9.88. The second kappa shape index (κ2) is 10.7. The van der Waals surface area contributed by atoms with Gasteiger partial charge in [0.2, 0.25) is 0 Å². The molecule has 0 aliphatic rings. The number of allylic oxidation sites excluding steroid dienone is 1. The van der Waals surface area contributed by atoms with Crippen molar-refractivity contribution < 1.29 is 19.8 Å². The van der Waals surface area contributed by atoms with Crippen LogP contribution in [0.2, 0.25) is 0 Å². The molecule has 0 aromatic rings. The zero-order valence-corrected chi connectivity index (χ0v) is 9.82. The minimum atomic E-state index is -0.988. The standard InChI is InChI=1S/C13H18O4/c14-12(15)10-8-6-4-2-1-3-5-7-9-11-13(16)17/h9,11H,1-4,6,8,10H2,(H,14,15)(H,16,17). The van der Waals surface area contributed by atoms with Crippen molar-refractivity contribution in [1.82, 2.24) is 0 Å². The van der Waals surface area contributed by atoms with E-state index in [1.54, 1.807) is 0 Å². The van der Waals surface area contributed by atoms with E-state index in [2.05, 4.69) is 11.8 Å². The first-order valence-electron chi connectivity index (χ1n) is 5.72. The Morgan fingerprint density at radius 3 is 2.29 bits per heavy atom. The molecule has 0 unspecified atom stereocenters. The Kier molecular flexibility index (Phi) is 9.64. The summed E-state index contributed by atoms with van der Waals surface area (Å²) in [7, 11) is 0. The first-order valence-corrected chi connectivity index (χ1v) is 5.72. The number of rotatable bonds is 8. The summed E-state index contributed by atoms with van der Waals surface area (Å²) in [6.07, 6.45) is 8.07. The molecular weight excluding hydrogens is 220 g/mol. The molecule has 4 heteroatoms. The molecule has 2 N–H and O–H groups in total. The molecule has 0 aliphatic heterocycles. The average Bonchev–Trinajstić information content (AvgIpc) is 2.25. The molecule has 17 heavy (non-hydrogen) atoms. The minimum Gasteiger partial charge on any atom is -0.481 e. The van der Waals surface area contributed by atoms with Crippen LogP contribution in [0, 0.1) is 11.8 Å². The van der Waals surface area contributed by atoms with E-state index < -0.39 is 11.9 Å². The van der Waals surface area contributed by atoms with Gasteiger partial charge in [-0.05, 0) is 18.9 Å². The summed E-state index contributed by atoms with van der Waals surface area (Å²) in [5.74, 6) is 3.78. The van der Waals surface area contributed by atoms with Gasteiger partial charge in [-0.1, -0.05) is 31.1 Å². The molecule has 0 spiro atoms. The third-order valence-corrected chi connectivity index (χ3v) is 2.10. The molecule has 94 valence electrons. The molecule has 4 nitrogen and oxygen atoms in total. The Hall–Kier alpha value is -1.76. The van der Waals surface area contributed by atoms with Gasteiger partial charge in [-0.3, -0.25) is 4.79 Å². The lowest BCUT2D eigenvalue weighted by Crippen LogP contribution is -1.93. The molecule has 0 fully saturated rings. The maximum Gasteiger partial charge on any atom is 0.328 e. The SMILES string of the molecule is O=C(O)C=CC#CCCCCCCCC(=O)O. The minimum absolute atomic E-state index is 0.250. The lowest BCUT2D eigenvalue weighted by molar-refractivity contribution is -0.137. The summed E-state index contributed by atoms with van der Waals surface area (Å²) < 4.78 is 0. The van der Waals surface area contributed by atoms with Crippen LogP contribution in [-0.2, 0) is 9.59 Å².